The Morgan fingerprint density at radius 3 is 2.29 bits per heavy atom. The van der Waals surface area contributed by atoms with Crippen molar-refractivity contribution in [3.63, 3.8) is 0 Å². The maximum atomic E-state index is 12.9. The van der Waals surface area contributed by atoms with Crippen LogP contribution in [0.15, 0.2) is 77.7 Å². The van der Waals surface area contributed by atoms with E-state index in [1.165, 1.54) is 0 Å². The van der Waals surface area contributed by atoms with E-state index in [1.807, 2.05) is 54.6 Å². The Balaban J connectivity index is 1.54. The summed E-state index contributed by atoms with van der Waals surface area (Å²) in [4.78, 5) is 26.9. The summed E-state index contributed by atoms with van der Waals surface area (Å²) in [6.07, 6.45) is 1.68. The van der Waals surface area contributed by atoms with Gasteiger partial charge < -0.3 is 4.74 Å². The van der Waals surface area contributed by atoms with Crippen molar-refractivity contribution in [2.45, 2.75) is 13.2 Å². The number of benzene rings is 3. The van der Waals surface area contributed by atoms with Crippen LogP contribution in [0.25, 0.3) is 6.08 Å². The van der Waals surface area contributed by atoms with Gasteiger partial charge in [0.2, 0.25) is 0 Å². The lowest BCUT2D eigenvalue weighted by atomic mass is 10.1. The van der Waals surface area contributed by atoms with E-state index in [1.54, 1.807) is 24.3 Å². The fourth-order valence-corrected chi connectivity index (χ4v) is 4.43. The number of rotatable bonds is 6. The van der Waals surface area contributed by atoms with Crippen LogP contribution in [0, 0.1) is 0 Å². The van der Waals surface area contributed by atoms with Crippen LogP contribution < -0.4 is 4.74 Å². The second-order valence-electron chi connectivity index (χ2n) is 6.78. The number of para-hydroxylation sites is 1. The number of hydrogen-bond acceptors (Lipinski definition) is 4. The number of carbonyl (C=O) groups is 2. The average molecular weight is 470 g/mol. The first-order chi connectivity index (χ1) is 15.0. The van der Waals surface area contributed by atoms with Crippen molar-refractivity contribution in [2.24, 2.45) is 0 Å². The number of carbonyl (C=O) groups excluding carboxylic acids is 2. The van der Waals surface area contributed by atoms with Crippen molar-refractivity contribution in [2.75, 3.05) is 0 Å². The first-order valence-corrected chi connectivity index (χ1v) is 11.0. The van der Waals surface area contributed by atoms with Gasteiger partial charge in [0.15, 0.2) is 0 Å². The van der Waals surface area contributed by atoms with Crippen LogP contribution >= 0.6 is 35.0 Å². The highest BCUT2D eigenvalue weighted by Gasteiger charge is 2.35. The molecule has 1 fully saturated rings. The molecule has 0 radical (unpaired) electrons. The molecule has 4 nitrogen and oxygen atoms in total. The summed E-state index contributed by atoms with van der Waals surface area (Å²) in [6.45, 7) is 0.421. The highest BCUT2D eigenvalue weighted by Crippen LogP contribution is 2.36. The minimum atomic E-state index is -0.385. The summed E-state index contributed by atoms with van der Waals surface area (Å²) in [5.41, 5.74) is 2.30. The molecule has 0 aliphatic carbocycles. The second kappa shape index (κ2) is 9.60. The Morgan fingerprint density at radius 2 is 1.55 bits per heavy atom. The molecule has 3 aromatic rings. The third-order valence-electron chi connectivity index (χ3n) is 4.69. The fraction of sp³-hybridized carbons (Fsp3) is 0.0833. The number of halogens is 2. The van der Waals surface area contributed by atoms with Gasteiger partial charge in [-0.1, -0.05) is 77.8 Å². The Bertz CT molecular complexity index is 1140. The van der Waals surface area contributed by atoms with E-state index in [2.05, 4.69) is 0 Å². The van der Waals surface area contributed by atoms with Crippen LogP contribution in [0.2, 0.25) is 10.0 Å². The average Bonchev–Trinajstić information content (AvgIpc) is 3.03. The Morgan fingerprint density at radius 1 is 0.871 bits per heavy atom. The minimum Gasteiger partial charge on any atom is -0.488 e. The molecule has 1 aliphatic heterocycles. The summed E-state index contributed by atoms with van der Waals surface area (Å²) in [6, 6.07) is 22.3. The zero-order valence-electron chi connectivity index (χ0n) is 16.3. The van der Waals surface area contributed by atoms with E-state index in [0.29, 0.717) is 32.9 Å². The van der Waals surface area contributed by atoms with Gasteiger partial charge in [0, 0.05) is 21.2 Å². The molecule has 0 unspecified atom stereocenters. The summed E-state index contributed by atoms with van der Waals surface area (Å²) >= 11 is 13.3. The minimum absolute atomic E-state index is 0.0205. The standard InChI is InChI=1S/C24H17Cl2NO3S/c25-19-10-6-11-20(26)18(19)14-27-23(28)22(31-24(27)29)13-17-9-4-5-12-21(17)30-15-16-7-2-1-3-8-16/h1-13H,14-15H2/b22-13+. The molecule has 0 bridgehead atoms. The SMILES string of the molecule is O=C1S/C(=C/c2ccccc2OCc2ccccc2)C(=O)N1Cc1c(Cl)cccc1Cl. The van der Waals surface area contributed by atoms with Crippen molar-refractivity contribution in [1.29, 1.82) is 0 Å². The first-order valence-electron chi connectivity index (χ1n) is 9.47. The van der Waals surface area contributed by atoms with Crippen LogP contribution in [0.3, 0.4) is 0 Å². The van der Waals surface area contributed by atoms with E-state index < -0.39 is 0 Å². The van der Waals surface area contributed by atoms with Gasteiger partial charge in [0.05, 0.1) is 11.4 Å². The van der Waals surface area contributed by atoms with Crippen molar-refractivity contribution in [3.8, 4) is 5.75 Å². The molecular weight excluding hydrogens is 453 g/mol. The lowest BCUT2D eigenvalue weighted by Gasteiger charge is -2.14. The van der Waals surface area contributed by atoms with Crippen LogP contribution in [-0.2, 0) is 17.9 Å². The molecular formula is C24H17Cl2NO3S. The highest BCUT2D eigenvalue weighted by molar-refractivity contribution is 8.18. The predicted molar refractivity (Wildman–Crippen MR) is 125 cm³/mol. The molecule has 0 N–H and O–H groups in total. The molecule has 156 valence electrons. The Kier molecular flexibility index (Phi) is 6.66. The van der Waals surface area contributed by atoms with E-state index >= 15 is 0 Å². The molecule has 0 saturated carbocycles. The monoisotopic (exact) mass is 469 g/mol. The van der Waals surface area contributed by atoms with E-state index in [9.17, 15) is 9.59 Å². The maximum Gasteiger partial charge on any atom is 0.293 e. The predicted octanol–water partition coefficient (Wildman–Crippen LogP) is 6.81. The first kappa shape index (κ1) is 21.5. The van der Waals surface area contributed by atoms with Gasteiger partial charge in [-0.25, -0.2) is 0 Å². The Labute approximate surface area is 194 Å². The van der Waals surface area contributed by atoms with E-state index in [4.69, 9.17) is 27.9 Å². The zero-order valence-corrected chi connectivity index (χ0v) is 18.6. The molecule has 2 amide bonds. The number of ether oxygens (including phenoxy) is 1. The summed E-state index contributed by atoms with van der Waals surface area (Å²) < 4.78 is 5.95. The van der Waals surface area contributed by atoms with E-state index in [-0.39, 0.29) is 17.7 Å². The van der Waals surface area contributed by atoms with Gasteiger partial charge in [-0.05, 0) is 41.6 Å². The normalized spacial score (nSPS) is 15.0. The molecule has 1 aliphatic rings. The lowest BCUT2D eigenvalue weighted by Crippen LogP contribution is -2.27. The zero-order chi connectivity index (χ0) is 21.8. The molecule has 0 spiro atoms. The van der Waals surface area contributed by atoms with Gasteiger partial charge in [0.1, 0.15) is 12.4 Å². The van der Waals surface area contributed by atoms with Crippen molar-refractivity contribution < 1.29 is 14.3 Å². The third-order valence-corrected chi connectivity index (χ3v) is 6.31. The van der Waals surface area contributed by atoms with Gasteiger partial charge >= 0.3 is 0 Å². The fourth-order valence-electron chi connectivity index (χ4n) is 3.09. The Hall–Kier alpha value is -2.73. The number of imide groups is 1. The number of amides is 2. The van der Waals surface area contributed by atoms with Crippen LogP contribution in [0.1, 0.15) is 16.7 Å². The van der Waals surface area contributed by atoms with E-state index in [0.717, 1.165) is 27.8 Å². The molecule has 0 atom stereocenters. The van der Waals surface area contributed by atoms with Gasteiger partial charge in [-0.2, -0.15) is 0 Å². The lowest BCUT2D eigenvalue weighted by molar-refractivity contribution is -0.123. The van der Waals surface area contributed by atoms with Crippen LogP contribution in [0.5, 0.6) is 5.75 Å². The largest absolute Gasteiger partial charge is 0.488 e. The number of hydrogen-bond donors (Lipinski definition) is 0. The quantitative estimate of drug-likeness (QED) is 0.372. The van der Waals surface area contributed by atoms with Gasteiger partial charge in [-0.15, -0.1) is 0 Å². The summed E-state index contributed by atoms with van der Waals surface area (Å²) in [5, 5.41) is 0.459. The molecule has 7 heteroatoms. The number of thioether (sulfide) groups is 1. The molecule has 4 rings (SSSR count). The second-order valence-corrected chi connectivity index (χ2v) is 8.59. The highest BCUT2D eigenvalue weighted by atomic mass is 35.5. The van der Waals surface area contributed by atoms with Crippen molar-refractivity contribution in [3.05, 3.63) is 104 Å². The molecule has 1 heterocycles. The number of nitrogens with zero attached hydrogens (tertiary/aromatic N) is 1. The van der Waals surface area contributed by atoms with Crippen molar-refractivity contribution >= 4 is 52.2 Å². The van der Waals surface area contributed by atoms with Crippen LogP contribution in [-0.4, -0.2) is 16.0 Å². The van der Waals surface area contributed by atoms with Gasteiger partial charge in [0.25, 0.3) is 11.1 Å². The molecule has 0 aromatic heterocycles. The van der Waals surface area contributed by atoms with Gasteiger partial charge in [-0.3, -0.25) is 14.5 Å². The molecule has 1 saturated heterocycles. The van der Waals surface area contributed by atoms with Crippen LogP contribution in [0.4, 0.5) is 4.79 Å². The molecule has 3 aromatic carbocycles. The summed E-state index contributed by atoms with van der Waals surface area (Å²) in [5.74, 6) is 0.246. The third kappa shape index (κ3) is 4.96. The molecule has 31 heavy (non-hydrogen) atoms. The smallest absolute Gasteiger partial charge is 0.293 e. The van der Waals surface area contributed by atoms with Crippen molar-refractivity contribution in [1.82, 2.24) is 4.90 Å². The summed E-state index contributed by atoms with van der Waals surface area (Å²) in [7, 11) is 0. The maximum absolute atomic E-state index is 12.9. The topological polar surface area (TPSA) is 46.6 Å².